The van der Waals surface area contributed by atoms with E-state index in [9.17, 15) is 0 Å². The molecule has 18 heavy (non-hydrogen) atoms. The number of nitrogens with zero attached hydrogens (tertiary/aromatic N) is 3. The zero-order chi connectivity index (χ0) is 12.2. The maximum Gasteiger partial charge on any atom is 0.107 e. The number of rotatable bonds is 3. The maximum absolute atomic E-state index is 4.57. The number of hydrogen-bond donors (Lipinski definition) is 0. The van der Waals surface area contributed by atoms with Crippen molar-refractivity contribution in [1.29, 1.82) is 0 Å². The van der Waals surface area contributed by atoms with Crippen molar-refractivity contribution in [1.82, 2.24) is 15.0 Å². The molecule has 0 spiro atoms. The van der Waals surface area contributed by atoms with E-state index in [0.717, 1.165) is 22.5 Å². The third-order valence-corrected chi connectivity index (χ3v) is 3.57. The summed E-state index contributed by atoms with van der Waals surface area (Å²) >= 11 is 1.76. The number of hydrogen-bond acceptors (Lipinski definition) is 4. The first-order valence-corrected chi connectivity index (χ1v) is 6.64. The van der Waals surface area contributed by atoms with Crippen LogP contribution >= 0.6 is 11.8 Å². The fraction of sp³-hybridized carbons (Fsp3) is 0.0714. The van der Waals surface area contributed by atoms with E-state index in [4.69, 9.17) is 0 Å². The molecule has 0 aliphatic rings. The first-order chi connectivity index (χ1) is 8.92. The zero-order valence-electron chi connectivity index (χ0n) is 9.65. The van der Waals surface area contributed by atoms with Gasteiger partial charge in [0.2, 0.25) is 0 Å². The van der Waals surface area contributed by atoms with Crippen molar-refractivity contribution in [2.24, 2.45) is 0 Å². The normalized spacial score (nSPS) is 10.7. The van der Waals surface area contributed by atoms with Gasteiger partial charge in [-0.25, -0.2) is 4.98 Å². The Labute approximate surface area is 109 Å². The molecule has 0 radical (unpaired) electrons. The number of pyridine rings is 1. The number of fused-ring (bicyclic) bond motifs is 1. The Balaban J connectivity index is 1.79. The average molecular weight is 253 g/mol. The fourth-order valence-electron chi connectivity index (χ4n) is 1.64. The molecule has 0 unspecified atom stereocenters. The topological polar surface area (TPSA) is 38.7 Å². The van der Waals surface area contributed by atoms with Crippen molar-refractivity contribution in [2.45, 2.75) is 10.6 Å². The van der Waals surface area contributed by atoms with Gasteiger partial charge in [0.05, 0.1) is 23.6 Å². The molecule has 88 valence electrons. The highest BCUT2D eigenvalue weighted by molar-refractivity contribution is 7.98. The maximum atomic E-state index is 4.57. The van der Waals surface area contributed by atoms with Crippen LogP contribution in [0.4, 0.5) is 0 Å². The lowest BCUT2D eigenvalue weighted by atomic mass is 10.4. The molecule has 0 fully saturated rings. The fourth-order valence-corrected chi connectivity index (χ4v) is 2.45. The van der Waals surface area contributed by atoms with Gasteiger partial charge in [0.15, 0.2) is 0 Å². The lowest BCUT2D eigenvalue weighted by Gasteiger charge is -2.02. The second-order valence-electron chi connectivity index (χ2n) is 3.83. The van der Waals surface area contributed by atoms with Gasteiger partial charge in [0.1, 0.15) is 5.52 Å². The van der Waals surface area contributed by atoms with Gasteiger partial charge in [-0.1, -0.05) is 18.2 Å². The Morgan fingerprint density at radius 3 is 2.72 bits per heavy atom. The van der Waals surface area contributed by atoms with Crippen LogP contribution in [0.5, 0.6) is 0 Å². The van der Waals surface area contributed by atoms with Crippen LogP contribution in [0.2, 0.25) is 0 Å². The van der Waals surface area contributed by atoms with Crippen LogP contribution in [-0.2, 0) is 5.75 Å². The minimum Gasteiger partial charge on any atom is -0.262 e. The van der Waals surface area contributed by atoms with E-state index in [0.29, 0.717) is 0 Å². The number of benzene rings is 1. The minimum atomic E-state index is 0.829. The Morgan fingerprint density at radius 1 is 0.944 bits per heavy atom. The van der Waals surface area contributed by atoms with Crippen molar-refractivity contribution in [2.75, 3.05) is 0 Å². The van der Waals surface area contributed by atoms with E-state index >= 15 is 0 Å². The van der Waals surface area contributed by atoms with Gasteiger partial charge >= 0.3 is 0 Å². The van der Waals surface area contributed by atoms with Crippen LogP contribution in [0.25, 0.3) is 11.0 Å². The first-order valence-electron chi connectivity index (χ1n) is 5.65. The molecule has 1 aromatic carbocycles. The molecule has 0 atom stereocenters. The molecular weight excluding hydrogens is 242 g/mol. The summed E-state index contributed by atoms with van der Waals surface area (Å²) in [4.78, 5) is 14.2. The second kappa shape index (κ2) is 5.14. The molecule has 4 heteroatoms. The quantitative estimate of drug-likeness (QED) is 0.671. The standard InChI is InChI=1S/C14H11N3S/c1-2-4-12(5-3-1)18-10-11-8-16-14-9-15-7-6-13(14)17-11/h1-9H,10H2. The summed E-state index contributed by atoms with van der Waals surface area (Å²) in [7, 11) is 0. The second-order valence-corrected chi connectivity index (χ2v) is 4.88. The molecule has 3 aromatic rings. The highest BCUT2D eigenvalue weighted by Gasteiger charge is 2.00. The van der Waals surface area contributed by atoms with Gasteiger partial charge < -0.3 is 0 Å². The highest BCUT2D eigenvalue weighted by atomic mass is 32.2. The van der Waals surface area contributed by atoms with Crippen LogP contribution in [0.3, 0.4) is 0 Å². The van der Waals surface area contributed by atoms with Gasteiger partial charge in [-0.05, 0) is 18.2 Å². The smallest absolute Gasteiger partial charge is 0.107 e. The van der Waals surface area contributed by atoms with Gasteiger partial charge in [-0.3, -0.25) is 9.97 Å². The summed E-state index contributed by atoms with van der Waals surface area (Å²) in [6, 6.07) is 12.2. The molecule has 0 aliphatic heterocycles. The molecule has 3 rings (SSSR count). The predicted molar refractivity (Wildman–Crippen MR) is 73.3 cm³/mol. The first kappa shape index (κ1) is 11.2. The molecule has 0 N–H and O–H groups in total. The lowest BCUT2D eigenvalue weighted by Crippen LogP contribution is -1.91. The van der Waals surface area contributed by atoms with Gasteiger partial charge in [-0.2, -0.15) is 0 Å². The van der Waals surface area contributed by atoms with Crippen molar-refractivity contribution in [3.05, 3.63) is 60.7 Å². The number of aromatic nitrogens is 3. The summed E-state index contributed by atoms with van der Waals surface area (Å²) in [6.45, 7) is 0. The van der Waals surface area contributed by atoms with Crippen LogP contribution in [0, 0.1) is 0 Å². The van der Waals surface area contributed by atoms with Crippen molar-refractivity contribution in [3.8, 4) is 0 Å². The molecule has 2 heterocycles. The van der Waals surface area contributed by atoms with Gasteiger partial charge in [0, 0.05) is 16.8 Å². The monoisotopic (exact) mass is 253 g/mol. The molecule has 0 amide bonds. The molecule has 0 bridgehead atoms. The zero-order valence-corrected chi connectivity index (χ0v) is 10.5. The Kier molecular flexibility index (Phi) is 3.19. The van der Waals surface area contributed by atoms with E-state index in [1.54, 1.807) is 24.2 Å². The Hall–Kier alpha value is -1.94. The van der Waals surface area contributed by atoms with E-state index in [2.05, 4.69) is 27.1 Å². The summed E-state index contributed by atoms with van der Waals surface area (Å²) in [5.74, 6) is 0.829. The predicted octanol–water partition coefficient (Wildman–Crippen LogP) is 3.32. The molecular formula is C14H11N3S. The average Bonchev–Trinajstić information content (AvgIpc) is 2.46. The SMILES string of the molecule is c1ccc(SCc2cnc3cnccc3n2)cc1. The molecule has 0 saturated carbocycles. The third-order valence-electron chi connectivity index (χ3n) is 2.52. The third kappa shape index (κ3) is 2.49. The van der Waals surface area contributed by atoms with Crippen molar-refractivity contribution >= 4 is 22.8 Å². The highest BCUT2D eigenvalue weighted by Crippen LogP contribution is 2.21. The van der Waals surface area contributed by atoms with Crippen LogP contribution in [-0.4, -0.2) is 15.0 Å². The van der Waals surface area contributed by atoms with E-state index in [1.807, 2.05) is 30.5 Å². The summed E-state index contributed by atoms with van der Waals surface area (Å²) in [6.07, 6.45) is 5.29. The van der Waals surface area contributed by atoms with E-state index in [1.165, 1.54) is 4.90 Å². The summed E-state index contributed by atoms with van der Waals surface area (Å²) in [5, 5.41) is 0. The largest absolute Gasteiger partial charge is 0.262 e. The minimum absolute atomic E-state index is 0.829. The Morgan fingerprint density at radius 2 is 1.83 bits per heavy atom. The van der Waals surface area contributed by atoms with Gasteiger partial charge in [0.25, 0.3) is 0 Å². The summed E-state index contributed by atoms with van der Waals surface area (Å²) in [5.41, 5.74) is 2.73. The van der Waals surface area contributed by atoms with Gasteiger partial charge in [-0.15, -0.1) is 11.8 Å². The van der Waals surface area contributed by atoms with E-state index in [-0.39, 0.29) is 0 Å². The Bertz CT molecular complexity index is 655. The van der Waals surface area contributed by atoms with Crippen molar-refractivity contribution < 1.29 is 0 Å². The van der Waals surface area contributed by atoms with Crippen molar-refractivity contribution in [3.63, 3.8) is 0 Å². The molecule has 3 nitrogen and oxygen atoms in total. The van der Waals surface area contributed by atoms with Crippen LogP contribution < -0.4 is 0 Å². The van der Waals surface area contributed by atoms with E-state index < -0.39 is 0 Å². The number of thioether (sulfide) groups is 1. The summed E-state index contributed by atoms with van der Waals surface area (Å²) < 4.78 is 0. The van der Waals surface area contributed by atoms with Crippen LogP contribution in [0.15, 0.2) is 59.9 Å². The lowest BCUT2D eigenvalue weighted by molar-refractivity contribution is 1.15. The molecule has 2 aromatic heterocycles. The molecule has 0 saturated heterocycles. The molecule has 0 aliphatic carbocycles. The van der Waals surface area contributed by atoms with Crippen LogP contribution in [0.1, 0.15) is 5.69 Å².